The number of nitrogens with zero attached hydrogens (tertiary/aromatic N) is 1. The van der Waals surface area contributed by atoms with Gasteiger partial charge in [0, 0.05) is 29.6 Å². The van der Waals surface area contributed by atoms with E-state index in [4.69, 9.17) is 4.98 Å². The molecule has 0 bridgehead atoms. The smallest absolute Gasteiger partial charge is 0.252 e. The molecule has 2 N–H and O–H groups in total. The van der Waals surface area contributed by atoms with E-state index in [1.807, 2.05) is 44.3 Å². The summed E-state index contributed by atoms with van der Waals surface area (Å²) in [7, 11) is 1.89. The zero-order chi connectivity index (χ0) is 14.8. The molecule has 0 spiro atoms. The molecule has 0 radical (unpaired) electrons. The number of nitrogens with one attached hydrogen (secondary N) is 2. The summed E-state index contributed by atoms with van der Waals surface area (Å²) in [5.41, 5.74) is 2.71. The highest BCUT2D eigenvalue weighted by molar-refractivity contribution is 6.06. The lowest BCUT2D eigenvalue weighted by Crippen LogP contribution is -2.37. The Hall–Kier alpha value is -1.36. The number of hydrogen-bond acceptors (Lipinski definition) is 3. The Bertz CT molecular complexity index is 674. The van der Waals surface area contributed by atoms with E-state index >= 15 is 0 Å². The highest BCUT2D eigenvalue weighted by Crippen LogP contribution is 2.40. The minimum absolute atomic E-state index is 0. The highest BCUT2D eigenvalue weighted by atomic mass is 35.5. The first-order chi connectivity index (χ1) is 10.2. The number of halogens is 2. The number of fused-ring (bicyclic) bond motifs is 1. The van der Waals surface area contributed by atoms with Gasteiger partial charge >= 0.3 is 0 Å². The molecular weight excluding hydrogens is 333 g/mol. The molecule has 6 heteroatoms. The molecule has 0 saturated heterocycles. The Kier molecular flexibility index (Phi) is 7.26. The number of likely N-dealkylation sites (N-methyl/N-ethyl adjacent to an activating group) is 1. The summed E-state index contributed by atoms with van der Waals surface area (Å²) in [4.78, 5) is 17.2. The van der Waals surface area contributed by atoms with E-state index in [2.05, 4.69) is 10.6 Å². The predicted molar refractivity (Wildman–Crippen MR) is 99.1 cm³/mol. The average molecular weight is 356 g/mol. The van der Waals surface area contributed by atoms with Gasteiger partial charge in [-0.2, -0.15) is 0 Å². The van der Waals surface area contributed by atoms with Crippen LogP contribution in [0.2, 0.25) is 0 Å². The summed E-state index contributed by atoms with van der Waals surface area (Å²) in [5.74, 6) is 0.523. The average Bonchev–Trinajstić information content (AvgIpc) is 3.36. The van der Waals surface area contributed by atoms with Crippen molar-refractivity contribution in [3.05, 3.63) is 41.6 Å². The van der Waals surface area contributed by atoms with Gasteiger partial charge in [0.1, 0.15) is 0 Å². The van der Waals surface area contributed by atoms with Crippen LogP contribution >= 0.6 is 24.8 Å². The van der Waals surface area contributed by atoms with Gasteiger partial charge in [0.25, 0.3) is 5.91 Å². The molecule has 1 heterocycles. The first-order valence-electron chi connectivity index (χ1n) is 7.54. The number of carbonyl (C=O) groups is 1. The topological polar surface area (TPSA) is 54.0 Å². The Balaban J connectivity index is 0.00000132. The molecule has 1 aromatic heterocycles. The molecule has 1 amide bonds. The Morgan fingerprint density at radius 3 is 2.65 bits per heavy atom. The molecule has 1 saturated carbocycles. The van der Waals surface area contributed by atoms with Gasteiger partial charge < -0.3 is 10.6 Å². The molecule has 4 nitrogen and oxygen atoms in total. The van der Waals surface area contributed by atoms with Crippen LogP contribution in [0.15, 0.2) is 30.3 Å². The Morgan fingerprint density at radius 2 is 2.00 bits per heavy atom. The predicted octanol–water partition coefficient (Wildman–Crippen LogP) is 3.29. The van der Waals surface area contributed by atoms with Crippen LogP contribution in [0.25, 0.3) is 10.9 Å². The fourth-order valence-corrected chi connectivity index (χ4v) is 2.42. The van der Waals surface area contributed by atoms with Crippen LogP contribution in [0.5, 0.6) is 0 Å². The number of aromatic nitrogens is 1. The quantitative estimate of drug-likeness (QED) is 0.864. The van der Waals surface area contributed by atoms with Crippen LogP contribution < -0.4 is 10.6 Å². The Morgan fingerprint density at radius 1 is 1.30 bits per heavy atom. The third-order valence-electron chi connectivity index (χ3n) is 4.04. The van der Waals surface area contributed by atoms with Crippen molar-refractivity contribution < 1.29 is 4.79 Å². The van der Waals surface area contributed by atoms with Crippen LogP contribution in [-0.4, -0.2) is 30.5 Å². The van der Waals surface area contributed by atoms with Crippen LogP contribution in [0.4, 0.5) is 0 Å². The SMILES string of the molecule is CNC(C)CNC(=O)c1cc(C2CC2)nc2ccccc12.Cl.Cl. The molecule has 1 atom stereocenters. The second-order valence-corrected chi connectivity index (χ2v) is 5.79. The fourth-order valence-electron chi connectivity index (χ4n) is 2.42. The monoisotopic (exact) mass is 355 g/mol. The minimum Gasteiger partial charge on any atom is -0.350 e. The summed E-state index contributed by atoms with van der Waals surface area (Å²) in [6.45, 7) is 2.66. The number of hydrogen-bond donors (Lipinski definition) is 2. The number of rotatable bonds is 5. The van der Waals surface area contributed by atoms with E-state index in [1.165, 1.54) is 12.8 Å². The summed E-state index contributed by atoms with van der Waals surface area (Å²) in [6, 6.07) is 10.1. The van der Waals surface area contributed by atoms with Crippen molar-refractivity contribution in [2.45, 2.75) is 31.7 Å². The van der Waals surface area contributed by atoms with Crippen molar-refractivity contribution in [3.63, 3.8) is 0 Å². The lowest BCUT2D eigenvalue weighted by atomic mass is 10.1. The minimum atomic E-state index is -0.0161. The largest absolute Gasteiger partial charge is 0.350 e. The van der Waals surface area contributed by atoms with Crippen molar-refractivity contribution >= 4 is 41.6 Å². The van der Waals surface area contributed by atoms with Gasteiger partial charge in [0.15, 0.2) is 0 Å². The van der Waals surface area contributed by atoms with Gasteiger partial charge in [-0.25, -0.2) is 0 Å². The maximum Gasteiger partial charge on any atom is 0.252 e. The van der Waals surface area contributed by atoms with Crippen LogP contribution in [0.1, 0.15) is 41.7 Å². The fraction of sp³-hybridized carbons (Fsp3) is 0.412. The number of amides is 1. The van der Waals surface area contributed by atoms with Crippen molar-refractivity contribution in [1.82, 2.24) is 15.6 Å². The third kappa shape index (κ3) is 4.56. The molecule has 2 aromatic rings. The molecule has 1 fully saturated rings. The maximum atomic E-state index is 12.5. The summed E-state index contributed by atoms with van der Waals surface area (Å²) in [5, 5.41) is 7.05. The van der Waals surface area contributed by atoms with Gasteiger partial charge in [0.05, 0.1) is 11.1 Å². The first-order valence-corrected chi connectivity index (χ1v) is 7.54. The highest BCUT2D eigenvalue weighted by Gasteiger charge is 2.26. The Labute approximate surface area is 149 Å². The number of carbonyl (C=O) groups excluding carboxylic acids is 1. The molecule has 23 heavy (non-hydrogen) atoms. The molecule has 1 aliphatic carbocycles. The van der Waals surface area contributed by atoms with Gasteiger partial charge in [-0.3, -0.25) is 9.78 Å². The summed E-state index contributed by atoms with van der Waals surface area (Å²) < 4.78 is 0. The van der Waals surface area contributed by atoms with E-state index in [0.29, 0.717) is 12.5 Å². The summed E-state index contributed by atoms with van der Waals surface area (Å²) >= 11 is 0. The van der Waals surface area contributed by atoms with Crippen molar-refractivity contribution in [2.24, 2.45) is 0 Å². The van der Waals surface area contributed by atoms with Crippen molar-refractivity contribution in [2.75, 3.05) is 13.6 Å². The van der Waals surface area contributed by atoms with Gasteiger partial charge in [-0.1, -0.05) is 18.2 Å². The first kappa shape index (κ1) is 19.7. The van der Waals surface area contributed by atoms with E-state index < -0.39 is 0 Å². The van der Waals surface area contributed by atoms with Crippen molar-refractivity contribution in [1.29, 1.82) is 0 Å². The normalized spacial score (nSPS) is 14.5. The van der Waals surface area contributed by atoms with Crippen LogP contribution in [-0.2, 0) is 0 Å². The summed E-state index contributed by atoms with van der Waals surface area (Å²) in [6.07, 6.45) is 2.37. The van der Waals surface area contributed by atoms with Gasteiger partial charge in [-0.05, 0) is 38.9 Å². The lowest BCUT2D eigenvalue weighted by molar-refractivity contribution is 0.0952. The molecular formula is C17H23Cl2N3O. The molecule has 0 aliphatic heterocycles. The lowest BCUT2D eigenvalue weighted by Gasteiger charge is -2.13. The van der Waals surface area contributed by atoms with E-state index in [9.17, 15) is 4.79 Å². The van der Waals surface area contributed by atoms with Gasteiger partial charge in [0.2, 0.25) is 0 Å². The number of benzene rings is 1. The second kappa shape index (κ2) is 8.48. The van der Waals surface area contributed by atoms with Crippen molar-refractivity contribution in [3.8, 4) is 0 Å². The maximum absolute atomic E-state index is 12.5. The van der Waals surface area contributed by atoms with E-state index in [1.54, 1.807) is 0 Å². The van der Waals surface area contributed by atoms with E-state index in [-0.39, 0.29) is 36.8 Å². The molecule has 126 valence electrons. The molecule has 1 aliphatic rings. The zero-order valence-corrected chi connectivity index (χ0v) is 15.0. The van der Waals surface area contributed by atoms with E-state index in [0.717, 1.165) is 22.2 Å². The molecule has 3 rings (SSSR count). The number of pyridine rings is 1. The second-order valence-electron chi connectivity index (χ2n) is 5.79. The van der Waals surface area contributed by atoms with Crippen LogP contribution in [0, 0.1) is 0 Å². The number of para-hydroxylation sites is 1. The van der Waals surface area contributed by atoms with Gasteiger partial charge in [-0.15, -0.1) is 24.8 Å². The molecule has 1 aromatic carbocycles. The standard InChI is InChI=1S/C17H21N3O.2ClH/c1-11(18-2)10-19-17(21)14-9-16(12-7-8-12)20-15-6-4-3-5-13(14)15;;/h3-6,9,11-12,18H,7-8,10H2,1-2H3,(H,19,21);2*1H. The zero-order valence-electron chi connectivity index (χ0n) is 13.3. The van der Waals surface area contributed by atoms with Crippen LogP contribution in [0.3, 0.4) is 0 Å². The third-order valence-corrected chi connectivity index (χ3v) is 4.04. The molecule has 1 unspecified atom stereocenters.